The highest BCUT2D eigenvalue weighted by Crippen LogP contribution is 2.20. The Balaban J connectivity index is 1.80. The maximum Gasteiger partial charge on any atom is 0.240 e. The molecule has 0 aliphatic carbocycles. The first-order chi connectivity index (χ1) is 11.4. The van der Waals surface area contributed by atoms with Gasteiger partial charge >= 0.3 is 0 Å². The Morgan fingerprint density at radius 2 is 1.57 bits per heavy atom. The average molecular weight is 328 g/mol. The topological polar surface area (TPSA) is 47.9 Å². The van der Waals surface area contributed by atoms with E-state index in [4.69, 9.17) is 19.3 Å². The Morgan fingerprint density at radius 1 is 0.957 bits per heavy atom. The van der Waals surface area contributed by atoms with Crippen molar-refractivity contribution < 1.29 is 19.3 Å². The lowest BCUT2D eigenvalue weighted by molar-refractivity contribution is -0.0478. The Morgan fingerprint density at radius 3 is 2.17 bits per heavy atom. The number of aliphatic hydroxyl groups is 1. The lowest BCUT2D eigenvalue weighted by Crippen LogP contribution is -2.10. The molecule has 1 atom stereocenters. The van der Waals surface area contributed by atoms with Crippen LogP contribution in [-0.2, 0) is 14.2 Å². The lowest BCUT2D eigenvalue weighted by atomic mass is 10.1. The van der Waals surface area contributed by atoms with Gasteiger partial charge in [-0.15, -0.1) is 0 Å². The molecule has 1 heterocycles. The quantitative estimate of drug-likeness (QED) is 0.409. The molecule has 136 valence electrons. The minimum atomic E-state index is -0.138. The molecular weight excluding hydrogens is 292 g/mol. The summed E-state index contributed by atoms with van der Waals surface area (Å²) in [6.07, 6.45) is 17.3. The van der Waals surface area contributed by atoms with Crippen LogP contribution in [0.1, 0.15) is 84.0 Å². The molecule has 0 radical (unpaired) electrons. The maximum absolute atomic E-state index is 8.64. The van der Waals surface area contributed by atoms with Crippen molar-refractivity contribution in [1.82, 2.24) is 0 Å². The summed E-state index contributed by atoms with van der Waals surface area (Å²) >= 11 is 0. The van der Waals surface area contributed by atoms with Crippen LogP contribution in [0, 0.1) is 0 Å². The molecule has 0 saturated heterocycles. The number of aliphatic hydroxyl groups excluding tert-OH is 1. The Labute approximate surface area is 142 Å². The summed E-state index contributed by atoms with van der Waals surface area (Å²) in [5.41, 5.74) is 0. The fraction of sp³-hybridized carbons (Fsp3) is 0.895. The van der Waals surface area contributed by atoms with Crippen molar-refractivity contribution >= 4 is 0 Å². The Bertz CT molecular complexity index is 291. The van der Waals surface area contributed by atoms with Crippen LogP contribution in [0.15, 0.2) is 12.0 Å². The van der Waals surface area contributed by atoms with E-state index in [0.29, 0.717) is 13.2 Å². The van der Waals surface area contributed by atoms with E-state index in [1.54, 1.807) is 6.26 Å². The predicted octanol–water partition coefficient (Wildman–Crippen LogP) is 4.91. The van der Waals surface area contributed by atoms with Crippen LogP contribution in [0.2, 0.25) is 0 Å². The average Bonchev–Trinajstić information content (AvgIpc) is 3.01. The van der Waals surface area contributed by atoms with Crippen LogP contribution in [-0.4, -0.2) is 31.2 Å². The van der Waals surface area contributed by atoms with Crippen molar-refractivity contribution in [3.63, 3.8) is 0 Å². The summed E-state index contributed by atoms with van der Waals surface area (Å²) in [4.78, 5) is 0. The molecule has 23 heavy (non-hydrogen) atoms. The van der Waals surface area contributed by atoms with Crippen LogP contribution in [0.25, 0.3) is 0 Å². The van der Waals surface area contributed by atoms with Gasteiger partial charge in [0.2, 0.25) is 6.29 Å². The van der Waals surface area contributed by atoms with Gasteiger partial charge in [-0.1, -0.05) is 71.1 Å². The van der Waals surface area contributed by atoms with Gasteiger partial charge < -0.3 is 19.3 Å². The summed E-state index contributed by atoms with van der Waals surface area (Å²) in [7, 11) is 0. The van der Waals surface area contributed by atoms with Crippen molar-refractivity contribution in [3.8, 4) is 0 Å². The summed E-state index contributed by atoms with van der Waals surface area (Å²) < 4.78 is 16.3. The highest BCUT2D eigenvalue weighted by atomic mass is 16.7. The van der Waals surface area contributed by atoms with Crippen LogP contribution in [0.5, 0.6) is 0 Å². The van der Waals surface area contributed by atoms with Gasteiger partial charge in [0.1, 0.15) is 12.9 Å². The zero-order valence-corrected chi connectivity index (χ0v) is 14.9. The van der Waals surface area contributed by atoms with Crippen LogP contribution < -0.4 is 0 Å². The van der Waals surface area contributed by atoms with E-state index >= 15 is 0 Å². The highest BCUT2D eigenvalue weighted by molar-refractivity contribution is 4.92. The van der Waals surface area contributed by atoms with E-state index in [1.807, 2.05) is 0 Å². The molecule has 0 aromatic carbocycles. The molecule has 0 spiro atoms. The minimum absolute atomic E-state index is 0.0380. The lowest BCUT2D eigenvalue weighted by Gasteiger charge is -2.11. The number of ether oxygens (including phenoxy) is 3. The molecule has 1 unspecified atom stereocenters. The van der Waals surface area contributed by atoms with E-state index in [-0.39, 0.29) is 12.9 Å². The summed E-state index contributed by atoms with van der Waals surface area (Å²) in [5.74, 6) is 0.728. The molecule has 4 nitrogen and oxygen atoms in total. The SMILES string of the molecule is CCCCCCCCCCCCCC1OC=C(COCCO)O1. The number of unbranched alkanes of at least 4 members (excludes halogenated alkanes) is 10. The van der Waals surface area contributed by atoms with Gasteiger partial charge in [0, 0.05) is 6.42 Å². The monoisotopic (exact) mass is 328 g/mol. The molecule has 0 aromatic rings. The van der Waals surface area contributed by atoms with E-state index < -0.39 is 0 Å². The molecule has 1 rings (SSSR count). The highest BCUT2D eigenvalue weighted by Gasteiger charge is 2.18. The second-order valence-corrected chi connectivity index (χ2v) is 6.37. The van der Waals surface area contributed by atoms with Gasteiger partial charge in [-0.3, -0.25) is 0 Å². The zero-order valence-electron chi connectivity index (χ0n) is 14.9. The molecule has 0 aromatic heterocycles. The van der Waals surface area contributed by atoms with Gasteiger partial charge in [0.15, 0.2) is 5.76 Å². The molecular formula is C19H36O4. The van der Waals surface area contributed by atoms with Gasteiger partial charge in [0.05, 0.1) is 13.2 Å². The third-order valence-electron chi connectivity index (χ3n) is 4.16. The second-order valence-electron chi connectivity index (χ2n) is 6.37. The largest absolute Gasteiger partial charge is 0.459 e. The normalized spacial score (nSPS) is 17.0. The molecule has 1 aliphatic rings. The van der Waals surface area contributed by atoms with E-state index in [0.717, 1.165) is 18.6 Å². The van der Waals surface area contributed by atoms with Crippen molar-refractivity contribution in [2.75, 3.05) is 19.8 Å². The van der Waals surface area contributed by atoms with Crippen molar-refractivity contribution in [2.24, 2.45) is 0 Å². The number of rotatable bonds is 16. The maximum atomic E-state index is 8.64. The third-order valence-corrected chi connectivity index (χ3v) is 4.16. The standard InChI is InChI=1S/C19H36O4/c1-2-3-4-5-6-7-8-9-10-11-12-13-19-22-17-18(23-19)16-21-15-14-20/h17,19-20H,2-16H2,1H3. The fourth-order valence-electron chi connectivity index (χ4n) is 2.78. The van der Waals surface area contributed by atoms with Crippen molar-refractivity contribution in [2.45, 2.75) is 90.3 Å². The molecule has 1 N–H and O–H groups in total. The first kappa shape index (κ1) is 20.3. The van der Waals surface area contributed by atoms with Crippen molar-refractivity contribution in [3.05, 3.63) is 12.0 Å². The Kier molecular flexibility index (Phi) is 13.1. The first-order valence-electron chi connectivity index (χ1n) is 9.56. The predicted molar refractivity (Wildman–Crippen MR) is 93.0 cm³/mol. The summed E-state index contributed by atoms with van der Waals surface area (Å²) in [6, 6.07) is 0. The van der Waals surface area contributed by atoms with Crippen LogP contribution in [0.3, 0.4) is 0 Å². The molecule has 0 saturated carbocycles. The molecule has 4 heteroatoms. The zero-order chi connectivity index (χ0) is 16.6. The van der Waals surface area contributed by atoms with Crippen molar-refractivity contribution in [1.29, 1.82) is 0 Å². The molecule has 0 fully saturated rings. The number of hydrogen-bond acceptors (Lipinski definition) is 4. The van der Waals surface area contributed by atoms with E-state index in [9.17, 15) is 0 Å². The number of hydrogen-bond donors (Lipinski definition) is 1. The van der Waals surface area contributed by atoms with Crippen LogP contribution in [0.4, 0.5) is 0 Å². The van der Waals surface area contributed by atoms with Gasteiger partial charge in [0.25, 0.3) is 0 Å². The van der Waals surface area contributed by atoms with E-state index in [1.165, 1.54) is 64.2 Å². The third kappa shape index (κ3) is 11.4. The van der Waals surface area contributed by atoms with Gasteiger partial charge in [-0.25, -0.2) is 0 Å². The van der Waals surface area contributed by atoms with Gasteiger partial charge in [-0.2, -0.15) is 0 Å². The first-order valence-corrected chi connectivity index (χ1v) is 9.56. The Hall–Kier alpha value is -0.740. The fourth-order valence-corrected chi connectivity index (χ4v) is 2.78. The second kappa shape index (κ2) is 14.8. The summed E-state index contributed by atoms with van der Waals surface area (Å²) in [5, 5.41) is 8.64. The summed E-state index contributed by atoms with van der Waals surface area (Å²) in [6.45, 7) is 3.03. The van der Waals surface area contributed by atoms with E-state index in [2.05, 4.69) is 6.92 Å². The smallest absolute Gasteiger partial charge is 0.240 e. The minimum Gasteiger partial charge on any atom is -0.459 e. The van der Waals surface area contributed by atoms with Gasteiger partial charge in [-0.05, 0) is 6.42 Å². The molecule has 1 aliphatic heterocycles. The molecule has 0 bridgehead atoms. The molecule has 0 amide bonds. The van der Waals surface area contributed by atoms with Crippen LogP contribution >= 0.6 is 0 Å².